The van der Waals surface area contributed by atoms with Gasteiger partial charge in [0, 0.05) is 44.6 Å². The number of hydrogen-bond donors (Lipinski definition) is 3. The average Bonchev–Trinajstić information content (AvgIpc) is 3.39. The Morgan fingerprint density at radius 2 is 1.96 bits per heavy atom. The number of benzene rings is 1. The molecule has 1 aromatic carbocycles. The summed E-state index contributed by atoms with van der Waals surface area (Å²) in [4.78, 5) is 4.57. The van der Waals surface area contributed by atoms with Crippen LogP contribution < -0.4 is 10.6 Å². The number of halogens is 2. The van der Waals surface area contributed by atoms with Gasteiger partial charge in [-0.3, -0.25) is 4.99 Å². The number of aliphatic hydroxyl groups is 1. The molecule has 0 unspecified atom stereocenters. The van der Waals surface area contributed by atoms with Gasteiger partial charge in [0.25, 0.3) is 0 Å². The molecule has 5 nitrogen and oxygen atoms in total. The fraction of sp³-hybridized carbons (Fsp3) is 0.632. The maximum absolute atomic E-state index is 13.5. The molecule has 146 valence electrons. The molecule has 1 aliphatic heterocycles. The van der Waals surface area contributed by atoms with E-state index in [4.69, 9.17) is 4.74 Å². The van der Waals surface area contributed by atoms with E-state index in [1.54, 1.807) is 12.1 Å². The zero-order valence-corrected chi connectivity index (χ0v) is 17.6. The fourth-order valence-corrected chi connectivity index (χ4v) is 3.27. The van der Waals surface area contributed by atoms with E-state index >= 15 is 0 Å². The standard InChI is InChI=1S/C19H28FN3O2.HI/c1-2-21-17(23-14-19(24)8-10-25-11-9-19)22-13-18(6-7-18)15-4-3-5-16(20)12-15;/h3-5,12,24H,2,6-11,13-14H2,1H3,(H2,21,22,23);1H. The SMILES string of the molecule is CCNC(=NCC1(O)CCOCC1)NCC1(c2cccc(F)c2)CC1.I. The second kappa shape index (κ2) is 9.32. The summed E-state index contributed by atoms with van der Waals surface area (Å²) < 4.78 is 18.8. The van der Waals surface area contributed by atoms with Crippen molar-refractivity contribution in [3.8, 4) is 0 Å². The van der Waals surface area contributed by atoms with Crippen molar-refractivity contribution in [1.29, 1.82) is 0 Å². The van der Waals surface area contributed by atoms with Gasteiger partial charge in [0.15, 0.2) is 5.96 Å². The van der Waals surface area contributed by atoms with Crippen LogP contribution in [0.3, 0.4) is 0 Å². The molecular formula is C19H29FIN3O2. The van der Waals surface area contributed by atoms with E-state index < -0.39 is 5.60 Å². The maximum Gasteiger partial charge on any atom is 0.191 e. The van der Waals surface area contributed by atoms with E-state index in [1.165, 1.54) is 6.07 Å². The molecule has 0 bridgehead atoms. The third-order valence-corrected chi connectivity index (χ3v) is 5.18. The molecule has 1 saturated heterocycles. The second-order valence-electron chi connectivity index (χ2n) is 7.18. The van der Waals surface area contributed by atoms with Crippen molar-refractivity contribution in [2.45, 2.75) is 43.6 Å². The zero-order chi connectivity index (χ0) is 17.8. The molecule has 2 aliphatic rings. The summed E-state index contributed by atoms with van der Waals surface area (Å²) >= 11 is 0. The van der Waals surface area contributed by atoms with E-state index in [0.717, 1.165) is 24.9 Å². The summed E-state index contributed by atoms with van der Waals surface area (Å²) in [5, 5.41) is 17.2. The van der Waals surface area contributed by atoms with Gasteiger partial charge >= 0.3 is 0 Å². The van der Waals surface area contributed by atoms with Crippen LogP contribution in [-0.2, 0) is 10.2 Å². The molecule has 1 aliphatic carbocycles. The minimum Gasteiger partial charge on any atom is -0.388 e. The van der Waals surface area contributed by atoms with Crippen molar-refractivity contribution >= 4 is 29.9 Å². The molecular weight excluding hydrogens is 448 g/mol. The summed E-state index contributed by atoms with van der Waals surface area (Å²) in [6, 6.07) is 6.87. The summed E-state index contributed by atoms with van der Waals surface area (Å²) in [5.41, 5.74) is 0.257. The maximum atomic E-state index is 13.5. The monoisotopic (exact) mass is 477 g/mol. The first-order valence-electron chi connectivity index (χ1n) is 9.14. The molecule has 2 fully saturated rings. The van der Waals surface area contributed by atoms with E-state index in [-0.39, 0.29) is 35.2 Å². The minimum absolute atomic E-state index is 0. The van der Waals surface area contributed by atoms with Gasteiger partial charge < -0.3 is 20.5 Å². The quantitative estimate of drug-likeness (QED) is 0.335. The van der Waals surface area contributed by atoms with E-state index in [1.807, 2.05) is 13.0 Å². The van der Waals surface area contributed by atoms with Crippen molar-refractivity contribution in [3.05, 3.63) is 35.6 Å². The second-order valence-corrected chi connectivity index (χ2v) is 7.18. The largest absolute Gasteiger partial charge is 0.388 e. The van der Waals surface area contributed by atoms with Crippen molar-refractivity contribution in [2.24, 2.45) is 4.99 Å². The van der Waals surface area contributed by atoms with Gasteiger partial charge in [-0.2, -0.15) is 0 Å². The Kier molecular flexibility index (Phi) is 7.66. The zero-order valence-electron chi connectivity index (χ0n) is 15.3. The van der Waals surface area contributed by atoms with Crippen LogP contribution in [-0.4, -0.2) is 49.5 Å². The minimum atomic E-state index is -0.777. The summed E-state index contributed by atoms with van der Waals surface area (Å²) in [6.45, 7) is 5.00. The molecule has 1 saturated carbocycles. The number of aliphatic imine (C=N–C) groups is 1. The Morgan fingerprint density at radius 1 is 1.23 bits per heavy atom. The van der Waals surface area contributed by atoms with Gasteiger partial charge in [-0.05, 0) is 37.5 Å². The van der Waals surface area contributed by atoms with Gasteiger partial charge in [0.2, 0.25) is 0 Å². The number of guanidine groups is 1. The van der Waals surface area contributed by atoms with E-state index in [9.17, 15) is 9.50 Å². The molecule has 26 heavy (non-hydrogen) atoms. The Hall–Kier alpha value is -0.930. The third kappa shape index (κ3) is 5.53. The van der Waals surface area contributed by atoms with E-state index in [2.05, 4.69) is 15.6 Å². The van der Waals surface area contributed by atoms with Crippen LogP contribution in [0.5, 0.6) is 0 Å². The van der Waals surface area contributed by atoms with Crippen LogP contribution in [0.4, 0.5) is 4.39 Å². The van der Waals surface area contributed by atoms with Crippen molar-refractivity contribution in [2.75, 3.05) is 32.8 Å². The first kappa shape index (κ1) is 21.4. The summed E-state index contributed by atoms with van der Waals surface area (Å²) in [5.74, 6) is 0.510. The van der Waals surface area contributed by atoms with E-state index in [0.29, 0.717) is 45.1 Å². The molecule has 0 atom stereocenters. The highest BCUT2D eigenvalue weighted by Gasteiger charge is 2.44. The van der Waals surface area contributed by atoms with Crippen molar-refractivity contribution < 1.29 is 14.2 Å². The van der Waals surface area contributed by atoms with Gasteiger partial charge in [0.1, 0.15) is 5.82 Å². The molecule has 3 rings (SSSR count). The lowest BCUT2D eigenvalue weighted by Gasteiger charge is -2.30. The summed E-state index contributed by atoms with van der Waals surface area (Å²) in [7, 11) is 0. The number of rotatable bonds is 6. The number of nitrogens with zero attached hydrogens (tertiary/aromatic N) is 1. The highest BCUT2D eigenvalue weighted by atomic mass is 127. The Balaban J connectivity index is 0.00000243. The highest BCUT2D eigenvalue weighted by Crippen LogP contribution is 2.47. The van der Waals surface area contributed by atoms with Crippen LogP contribution in [0, 0.1) is 5.82 Å². The average molecular weight is 477 g/mol. The number of hydrogen-bond acceptors (Lipinski definition) is 3. The predicted octanol–water partition coefficient (Wildman–Crippen LogP) is 2.57. The lowest BCUT2D eigenvalue weighted by Crippen LogP contribution is -2.44. The van der Waals surface area contributed by atoms with Crippen LogP contribution in [0.2, 0.25) is 0 Å². The Labute approximate surface area is 171 Å². The van der Waals surface area contributed by atoms with Crippen LogP contribution in [0.15, 0.2) is 29.3 Å². The van der Waals surface area contributed by atoms with Crippen LogP contribution in [0.25, 0.3) is 0 Å². The van der Waals surface area contributed by atoms with Gasteiger partial charge in [-0.15, -0.1) is 24.0 Å². The smallest absolute Gasteiger partial charge is 0.191 e. The lowest BCUT2D eigenvalue weighted by atomic mass is 9.95. The first-order valence-corrected chi connectivity index (χ1v) is 9.14. The highest BCUT2D eigenvalue weighted by molar-refractivity contribution is 14.0. The lowest BCUT2D eigenvalue weighted by molar-refractivity contribution is -0.0565. The first-order chi connectivity index (χ1) is 12.1. The summed E-state index contributed by atoms with van der Waals surface area (Å²) in [6.07, 6.45) is 3.32. The number of ether oxygens (including phenoxy) is 1. The third-order valence-electron chi connectivity index (χ3n) is 5.18. The fourth-order valence-electron chi connectivity index (χ4n) is 3.27. The van der Waals surface area contributed by atoms with Crippen LogP contribution >= 0.6 is 24.0 Å². The molecule has 3 N–H and O–H groups in total. The molecule has 0 aromatic heterocycles. The van der Waals surface area contributed by atoms with Gasteiger partial charge in [0.05, 0.1) is 12.1 Å². The normalized spacial score (nSPS) is 20.8. The molecule has 1 heterocycles. The Bertz CT molecular complexity index is 617. The molecule has 0 amide bonds. The molecule has 0 radical (unpaired) electrons. The van der Waals surface area contributed by atoms with Gasteiger partial charge in [-0.1, -0.05) is 12.1 Å². The van der Waals surface area contributed by atoms with Gasteiger partial charge in [-0.25, -0.2) is 4.39 Å². The van der Waals surface area contributed by atoms with Crippen LogP contribution in [0.1, 0.15) is 38.2 Å². The molecule has 7 heteroatoms. The molecule has 0 spiro atoms. The molecule has 1 aromatic rings. The van der Waals surface area contributed by atoms with Crippen molar-refractivity contribution in [3.63, 3.8) is 0 Å². The topological polar surface area (TPSA) is 65.9 Å². The Morgan fingerprint density at radius 3 is 2.58 bits per heavy atom. The van der Waals surface area contributed by atoms with Crippen molar-refractivity contribution in [1.82, 2.24) is 10.6 Å². The number of nitrogens with one attached hydrogen (secondary N) is 2. The predicted molar refractivity (Wildman–Crippen MR) is 112 cm³/mol.